The molecule has 12 nitrogen and oxygen atoms in total. The van der Waals surface area contributed by atoms with Gasteiger partial charge in [-0.1, -0.05) is 52.4 Å². The molecule has 250 valence electrons. The second kappa shape index (κ2) is 12.5. The van der Waals surface area contributed by atoms with Gasteiger partial charge >= 0.3 is 12.0 Å². The van der Waals surface area contributed by atoms with E-state index >= 15 is 0 Å². The molecule has 12 heteroatoms. The minimum absolute atomic E-state index is 0.0464. The van der Waals surface area contributed by atoms with Crippen LogP contribution in [0.2, 0.25) is 0 Å². The van der Waals surface area contributed by atoms with Gasteiger partial charge in [0, 0.05) is 18.6 Å². The Morgan fingerprint density at radius 2 is 1.56 bits per heavy atom. The number of aliphatic carboxylic acids is 1. The SMILES string of the molecule is CC(C)(C)NC(=O)N[C@H](C(=O)N1CC2[C@@H]([C@H]1C(=O)NC(CC1CCC1)C(=O)C(=O)N1CC[C@H]1C(=O)O)C2(C)C)C1CCCCC1. The molecule has 0 bridgehead atoms. The van der Waals surface area contributed by atoms with E-state index in [1.165, 1.54) is 0 Å². The summed E-state index contributed by atoms with van der Waals surface area (Å²) in [5.41, 5.74) is -0.669. The molecule has 4 N–H and O–H groups in total. The lowest BCUT2D eigenvalue weighted by atomic mass is 9.79. The van der Waals surface area contributed by atoms with E-state index in [1.807, 2.05) is 20.8 Å². The van der Waals surface area contributed by atoms with Crippen molar-refractivity contribution in [2.24, 2.45) is 29.1 Å². The van der Waals surface area contributed by atoms with Gasteiger partial charge in [-0.25, -0.2) is 9.59 Å². The first-order valence-electron chi connectivity index (χ1n) is 16.9. The van der Waals surface area contributed by atoms with Crippen molar-refractivity contribution in [3.8, 4) is 0 Å². The molecule has 2 aliphatic heterocycles. The summed E-state index contributed by atoms with van der Waals surface area (Å²) in [5, 5.41) is 18.2. The van der Waals surface area contributed by atoms with Gasteiger partial charge in [0.05, 0.1) is 6.04 Å². The molecule has 0 aromatic heterocycles. The molecule has 0 radical (unpaired) electrons. The van der Waals surface area contributed by atoms with Crippen LogP contribution in [0.15, 0.2) is 0 Å². The Balaban J connectivity index is 1.36. The molecule has 2 saturated heterocycles. The van der Waals surface area contributed by atoms with Crippen molar-refractivity contribution in [2.75, 3.05) is 13.1 Å². The maximum atomic E-state index is 14.4. The molecule has 0 aromatic rings. The quantitative estimate of drug-likeness (QED) is 0.270. The number of Topliss-reactive ketones (excluding diaryl/α,β-unsaturated/α-hetero) is 1. The van der Waals surface area contributed by atoms with E-state index in [1.54, 1.807) is 4.90 Å². The van der Waals surface area contributed by atoms with Gasteiger partial charge in [0.1, 0.15) is 18.1 Å². The third-order valence-electron chi connectivity index (χ3n) is 11.1. The molecule has 6 atom stereocenters. The fourth-order valence-electron chi connectivity index (χ4n) is 8.09. The summed E-state index contributed by atoms with van der Waals surface area (Å²) in [4.78, 5) is 82.4. The van der Waals surface area contributed by atoms with Gasteiger partial charge in [-0.15, -0.1) is 0 Å². The molecule has 0 aromatic carbocycles. The summed E-state index contributed by atoms with van der Waals surface area (Å²) in [5.74, 6) is -3.45. The van der Waals surface area contributed by atoms with Crippen molar-refractivity contribution in [2.45, 2.75) is 129 Å². The molecular formula is C33H51N5O7. The first-order valence-corrected chi connectivity index (χ1v) is 16.9. The number of hydrogen-bond donors (Lipinski definition) is 4. The highest BCUT2D eigenvalue weighted by Gasteiger charge is 2.70. The van der Waals surface area contributed by atoms with Crippen LogP contribution in [0.4, 0.5) is 4.79 Å². The number of nitrogens with zero attached hydrogens (tertiary/aromatic N) is 2. The number of piperidine rings is 1. The van der Waals surface area contributed by atoms with E-state index in [0.29, 0.717) is 13.0 Å². The average Bonchev–Trinajstić information content (AvgIpc) is 3.23. The van der Waals surface area contributed by atoms with Crippen molar-refractivity contribution < 1.29 is 33.9 Å². The highest BCUT2D eigenvalue weighted by Crippen LogP contribution is 2.65. The zero-order valence-corrected chi connectivity index (χ0v) is 27.4. The molecular weight excluding hydrogens is 578 g/mol. The van der Waals surface area contributed by atoms with Crippen LogP contribution in [0, 0.1) is 29.1 Å². The Labute approximate surface area is 265 Å². The molecule has 5 amide bonds. The van der Waals surface area contributed by atoms with E-state index in [2.05, 4.69) is 29.8 Å². The largest absolute Gasteiger partial charge is 0.480 e. The zero-order chi connectivity index (χ0) is 32.8. The number of ketones is 1. The lowest BCUT2D eigenvalue weighted by Crippen LogP contribution is -2.62. The number of amides is 5. The van der Waals surface area contributed by atoms with Crippen LogP contribution in [-0.2, 0) is 24.0 Å². The van der Waals surface area contributed by atoms with Crippen LogP contribution in [0.3, 0.4) is 0 Å². The average molecular weight is 630 g/mol. The van der Waals surface area contributed by atoms with E-state index < -0.39 is 59.3 Å². The topological polar surface area (TPSA) is 165 Å². The number of hydrogen-bond acceptors (Lipinski definition) is 6. The van der Waals surface area contributed by atoms with E-state index in [4.69, 9.17) is 0 Å². The normalized spacial score (nSPS) is 28.9. The number of nitrogens with one attached hydrogen (secondary N) is 3. The molecule has 3 saturated carbocycles. The highest BCUT2D eigenvalue weighted by atomic mass is 16.4. The summed E-state index contributed by atoms with van der Waals surface area (Å²) in [7, 11) is 0. The number of urea groups is 1. The number of rotatable bonds is 10. The Bertz CT molecular complexity index is 1220. The summed E-state index contributed by atoms with van der Waals surface area (Å²) < 4.78 is 0. The van der Waals surface area contributed by atoms with Gasteiger partial charge in [-0.05, 0) is 75.5 Å². The van der Waals surface area contributed by atoms with Crippen LogP contribution < -0.4 is 16.0 Å². The zero-order valence-electron chi connectivity index (χ0n) is 27.4. The maximum absolute atomic E-state index is 14.4. The fourth-order valence-corrected chi connectivity index (χ4v) is 8.09. The molecule has 5 rings (SSSR count). The van der Waals surface area contributed by atoms with Crippen LogP contribution in [-0.4, -0.2) is 93.2 Å². The number of carboxylic acids is 1. The van der Waals surface area contributed by atoms with Gasteiger partial charge < -0.3 is 30.9 Å². The molecule has 5 aliphatic rings. The van der Waals surface area contributed by atoms with Crippen LogP contribution in [0.1, 0.15) is 98.8 Å². The summed E-state index contributed by atoms with van der Waals surface area (Å²) in [6.07, 6.45) is 8.04. The Kier molecular flexibility index (Phi) is 9.26. The van der Waals surface area contributed by atoms with Crippen LogP contribution >= 0.6 is 0 Å². The van der Waals surface area contributed by atoms with Crippen molar-refractivity contribution >= 4 is 35.5 Å². The van der Waals surface area contributed by atoms with E-state index in [-0.39, 0.29) is 48.0 Å². The smallest absolute Gasteiger partial charge is 0.326 e. The van der Waals surface area contributed by atoms with Gasteiger partial charge in [0.15, 0.2) is 0 Å². The van der Waals surface area contributed by atoms with Crippen molar-refractivity contribution in [3.05, 3.63) is 0 Å². The third kappa shape index (κ3) is 6.84. The van der Waals surface area contributed by atoms with Gasteiger partial charge in [-0.3, -0.25) is 19.2 Å². The number of likely N-dealkylation sites (tertiary alicyclic amines) is 2. The predicted octanol–water partition coefficient (Wildman–Crippen LogP) is 2.45. The van der Waals surface area contributed by atoms with Crippen molar-refractivity contribution in [1.82, 2.24) is 25.8 Å². The maximum Gasteiger partial charge on any atom is 0.326 e. The molecule has 2 unspecified atom stereocenters. The minimum atomic E-state index is -1.15. The first-order chi connectivity index (χ1) is 21.1. The van der Waals surface area contributed by atoms with Gasteiger partial charge in [-0.2, -0.15) is 0 Å². The predicted molar refractivity (Wildman–Crippen MR) is 165 cm³/mol. The second-order valence-corrected chi connectivity index (χ2v) is 15.7. The Hall–Kier alpha value is -3.18. The number of carbonyl (C=O) groups is 6. The van der Waals surface area contributed by atoms with Crippen LogP contribution in [0.5, 0.6) is 0 Å². The van der Waals surface area contributed by atoms with Crippen molar-refractivity contribution in [1.29, 1.82) is 0 Å². The fraction of sp³-hybridized carbons (Fsp3) is 0.818. The second-order valence-electron chi connectivity index (χ2n) is 15.7. The molecule has 3 aliphatic carbocycles. The summed E-state index contributed by atoms with van der Waals surface area (Å²) >= 11 is 0. The monoisotopic (exact) mass is 629 g/mol. The van der Waals surface area contributed by atoms with E-state index in [9.17, 15) is 33.9 Å². The highest BCUT2D eigenvalue weighted by molar-refractivity contribution is 6.39. The summed E-state index contributed by atoms with van der Waals surface area (Å²) in [6.45, 7) is 10.3. The molecule has 45 heavy (non-hydrogen) atoms. The molecule has 0 spiro atoms. The number of carbonyl (C=O) groups excluding carboxylic acids is 5. The van der Waals surface area contributed by atoms with Crippen molar-refractivity contribution in [3.63, 3.8) is 0 Å². The third-order valence-corrected chi connectivity index (χ3v) is 11.1. The Morgan fingerprint density at radius 1 is 0.889 bits per heavy atom. The first kappa shape index (κ1) is 33.2. The lowest BCUT2D eigenvalue weighted by molar-refractivity contribution is -0.161. The summed E-state index contributed by atoms with van der Waals surface area (Å²) in [6, 6.07) is -4.16. The minimum Gasteiger partial charge on any atom is -0.480 e. The Morgan fingerprint density at radius 3 is 2.09 bits per heavy atom. The van der Waals surface area contributed by atoms with Gasteiger partial charge in [0.2, 0.25) is 17.6 Å². The van der Waals surface area contributed by atoms with E-state index in [0.717, 1.165) is 56.3 Å². The number of carboxylic acid groups (broad SMARTS) is 1. The standard InChI is InChI=1S/C33H51N5O7/c1-32(2,3)36-31(45)35-24(19-12-7-6-8-13-19)28(41)38-17-20-23(33(20,4)5)25(38)27(40)34-21(16-18-10-9-11-18)26(39)29(42)37-15-14-22(37)30(43)44/h18-25H,6-17H2,1-5H3,(H,34,40)(H,43,44)(H2,35,36,45)/t20?,21?,22-,23-,24-,25-/m0/s1. The number of fused-ring (bicyclic) bond motifs is 1. The molecule has 2 heterocycles. The van der Waals surface area contributed by atoms with Gasteiger partial charge in [0.25, 0.3) is 5.91 Å². The lowest BCUT2D eigenvalue weighted by Gasteiger charge is -2.39. The van der Waals surface area contributed by atoms with Crippen LogP contribution in [0.25, 0.3) is 0 Å². The molecule has 5 fully saturated rings.